The van der Waals surface area contributed by atoms with Crippen LogP contribution in [0.15, 0.2) is 36.5 Å². The molecular formula is C15H19N3. The molecule has 3 heteroatoms. The third kappa shape index (κ3) is 2.46. The average molecular weight is 241 g/mol. The first-order valence-electron chi connectivity index (χ1n) is 6.74. The van der Waals surface area contributed by atoms with Gasteiger partial charge in [-0.15, -0.1) is 0 Å². The van der Waals surface area contributed by atoms with Gasteiger partial charge in [-0.25, -0.2) is 4.98 Å². The molecule has 3 rings (SSSR count). The van der Waals surface area contributed by atoms with E-state index in [0.29, 0.717) is 6.04 Å². The molecule has 3 nitrogen and oxygen atoms in total. The number of hydrogen-bond donors (Lipinski definition) is 2. The first-order chi connectivity index (χ1) is 8.93. The molecule has 0 aliphatic carbocycles. The fraction of sp³-hybridized carbons (Fsp3) is 0.400. The van der Waals surface area contributed by atoms with Crippen LogP contribution in [0.25, 0.3) is 10.8 Å². The van der Waals surface area contributed by atoms with E-state index in [2.05, 4.69) is 45.9 Å². The minimum Gasteiger partial charge on any atom is -0.366 e. The molecule has 0 radical (unpaired) electrons. The molecule has 1 atom stereocenters. The summed E-state index contributed by atoms with van der Waals surface area (Å²) in [6.45, 7) is 2.17. The molecule has 1 fully saturated rings. The first-order valence-corrected chi connectivity index (χ1v) is 6.74. The molecule has 0 saturated carbocycles. The van der Waals surface area contributed by atoms with Crippen molar-refractivity contribution in [3.05, 3.63) is 36.5 Å². The Morgan fingerprint density at radius 3 is 3.11 bits per heavy atom. The Morgan fingerprint density at radius 1 is 1.17 bits per heavy atom. The third-order valence-corrected chi connectivity index (χ3v) is 3.56. The second-order valence-electron chi connectivity index (χ2n) is 4.92. The normalized spacial score (nSPS) is 20.6. The van der Waals surface area contributed by atoms with Crippen LogP contribution in [-0.2, 0) is 0 Å². The zero-order chi connectivity index (χ0) is 12.2. The SMILES string of the molecule is c1ccc2c(NC3CCCCNC3)nccc2c1. The zero-order valence-electron chi connectivity index (χ0n) is 10.5. The lowest BCUT2D eigenvalue weighted by molar-refractivity contribution is 0.634. The summed E-state index contributed by atoms with van der Waals surface area (Å²) >= 11 is 0. The van der Waals surface area contributed by atoms with Crippen molar-refractivity contribution >= 4 is 16.6 Å². The Hall–Kier alpha value is -1.61. The second-order valence-corrected chi connectivity index (χ2v) is 4.92. The van der Waals surface area contributed by atoms with Crippen molar-refractivity contribution in [2.75, 3.05) is 18.4 Å². The standard InChI is InChI=1S/C15H19N3/c1-2-7-14-12(5-1)8-10-17-15(14)18-13-6-3-4-9-16-11-13/h1-2,5,7-8,10,13,16H,3-4,6,9,11H2,(H,17,18). The Bertz CT molecular complexity index is 511. The van der Waals surface area contributed by atoms with Crippen molar-refractivity contribution in [3.63, 3.8) is 0 Å². The monoisotopic (exact) mass is 241 g/mol. The van der Waals surface area contributed by atoms with Gasteiger partial charge in [0.05, 0.1) is 0 Å². The van der Waals surface area contributed by atoms with Crippen molar-refractivity contribution in [2.24, 2.45) is 0 Å². The lowest BCUT2D eigenvalue weighted by atomic mass is 10.1. The molecule has 18 heavy (non-hydrogen) atoms. The highest BCUT2D eigenvalue weighted by molar-refractivity contribution is 5.91. The minimum atomic E-state index is 0.491. The molecule has 2 N–H and O–H groups in total. The molecule has 1 unspecified atom stereocenters. The van der Waals surface area contributed by atoms with Crippen molar-refractivity contribution in [1.29, 1.82) is 0 Å². The largest absolute Gasteiger partial charge is 0.366 e. The van der Waals surface area contributed by atoms with E-state index < -0.39 is 0 Å². The fourth-order valence-electron chi connectivity index (χ4n) is 2.57. The number of rotatable bonds is 2. The summed E-state index contributed by atoms with van der Waals surface area (Å²) in [5.41, 5.74) is 0. The number of pyridine rings is 1. The lowest BCUT2D eigenvalue weighted by Crippen LogP contribution is -2.31. The molecule has 0 bridgehead atoms. The van der Waals surface area contributed by atoms with Gasteiger partial charge in [-0.2, -0.15) is 0 Å². The van der Waals surface area contributed by atoms with Crippen molar-refractivity contribution in [3.8, 4) is 0 Å². The first kappa shape index (κ1) is 11.5. The summed E-state index contributed by atoms with van der Waals surface area (Å²) in [5.74, 6) is 1.02. The highest BCUT2D eigenvalue weighted by atomic mass is 15.0. The molecule has 94 valence electrons. The number of aromatic nitrogens is 1. The van der Waals surface area contributed by atoms with Gasteiger partial charge >= 0.3 is 0 Å². The summed E-state index contributed by atoms with van der Waals surface area (Å²) in [6, 6.07) is 11.0. The van der Waals surface area contributed by atoms with Crippen LogP contribution in [0, 0.1) is 0 Å². The van der Waals surface area contributed by atoms with Crippen molar-refractivity contribution in [1.82, 2.24) is 10.3 Å². The summed E-state index contributed by atoms with van der Waals surface area (Å²) in [7, 11) is 0. The van der Waals surface area contributed by atoms with Crippen LogP contribution in [0.3, 0.4) is 0 Å². The van der Waals surface area contributed by atoms with E-state index in [1.807, 2.05) is 6.20 Å². The van der Waals surface area contributed by atoms with Gasteiger partial charge in [0.2, 0.25) is 0 Å². The van der Waals surface area contributed by atoms with Crippen LogP contribution in [0.1, 0.15) is 19.3 Å². The fourth-order valence-corrected chi connectivity index (χ4v) is 2.57. The predicted molar refractivity (Wildman–Crippen MR) is 75.9 cm³/mol. The summed E-state index contributed by atoms with van der Waals surface area (Å²) < 4.78 is 0. The van der Waals surface area contributed by atoms with Gasteiger partial charge in [0.25, 0.3) is 0 Å². The molecule has 1 aromatic carbocycles. The van der Waals surface area contributed by atoms with E-state index in [-0.39, 0.29) is 0 Å². The number of hydrogen-bond acceptors (Lipinski definition) is 3. The smallest absolute Gasteiger partial charge is 0.134 e. The van der Waals surface area contributed by atoms with Crippen LogP contribution < -0.4 is 10.6 Å². The quantitative estimate of drug-likeness (QED) is 0.849. The third-order valence-electron chi connectivity index (χ3n) is 3.56. The predicted octanol–water partition coefficient (Wildman–Crippen LogP) is 2.79. The summed E-state index contributed by atoms with van der Waals surface area (Å²) in [4.78, 5) is 4.49. The van der Waals surface area contributed by atoms with Crippen LogP contribution in [0.4, 0.5) is 5.82 Å². The van der Waals surface area contributed by atoms with Gasteiger partial charge in [0, 0.05) is 24.2 Å². The van der Waals surface area contributed by atoms with Crippen LogP contribution >= 0.6 is 0 Å². The van der Waals surface area contributed by atoms with E-state index in [1.54, 1.807) is 0 Å². The number of anilines is 1. The van der Waals surface area contributed by atoms with E-state index in [0.717, 1.165) is 18.9 Å². The topological polar surface area (TPSA) is 37.0 Å². The van der Waals surface area contributed by atoms with Crippen LogP contribution in [-0.4, -0.2) is 24.1 Å². The van der Waals surface area contributed by atoms with Gasteiger partial charge in [0.1, 0.15) is 5.82 Å². The van der Waals surface area contributed by atoms with Gasteiger partial charge in [-0.1, -0.05) is 30.7 Å². The Labute approximate surface area is 108 Å². The van der Waals surface area contributed by atoms with E-state index in [1.165, 1.54) is 30.0 Å². The number of benzene rings is 1. The van der Waals surface area contributed by atoms with Gasteiger partial charge < -0.3 is 10.6 Å². The molecule has 2 heterocycles. The van der Waals surface area contributed by atoms with E-state index in [9.17, 15) is 0 Å². The maximum Gasteiger partial charge on any atom is 0.134 e. The molecule has 0 spiro atoms. The van der Waals surface area contributed by atoms with E-state index >= 15 is 0 Å². The highest BCUT2D eigenvalue weighted by Crippen LogP contribution is 2.22. The number of fused-ring (bicyclic) bond motifs is 1. The van der Waals surface area contributed by atoms with Crippen LogP contribution in [0.2, 0.25) is 0 Å². The van der Waals surface area contributed by atoms with Crippen molar-refractivity contribution < 1.29 is 0 Å². The van der Waals surface area contributed by atoms with Crippen LogP contribution in [0.5, 0.6) is 0 Å². The molecule has 1 saturated heterocycles. The van der Waals surface area contributed by atoms with Crippen molar-refractivity contribution in [2.45, 2.75) is 25.3 Å². The van der Waals surface area contributed by atoms with E-state index in [4.69, 9.17) is 0 Å². The molecule has 2 aromatic rings. The van der Waals surface area contributed by atoms with Gasteiger partial charge in [-0.3, -0.25) is 0 Å². The second kappa shape index (κ2) is 5.36. The Kier molecular flexibility index (Phi) is 3.42. The summed E-state index contributed by atoms with van der Waals surface area (Å²) in [5, 5.41) is 9.52. The molecule has 1 aliphatic rings. The Morgan fingerprint density at radius 2 is 2.11 bits per heavy atom. The molecule has 1 aliphatic heterocycles. The number of nitrogens with zero attached hydrogens (tertiary/aromatic N) is 1. The maximum absolute atomic E-state index is 4.49. The molecular weight excluding hydrogens is 222 g/mol. The van der Waals surface area contributed by atoms with Gasteiger partial charge in [-0.05, 0) is 30.8 Å². The lowest BCUT2D eigenvalue weighted by Gasteiger charge is -2.18. The minimum absolute atomic E-state index is 0.491. The Balaban J connectivity index is 1.85. The zero-order valence-corrected chi connectivity index (χ0v) is 10.5. The number of nitrogens with one attached hydrogen (secondary N) is 2. The molecule has 0 amide bonds. The summed E-state index contributed by atoms with van der Waals surface area (Å²) in [6.07, 6.45) is 5.67. The highest BCUT2D eigenvalue weighted by Gasteiger charge is 2.12. The maximum atomic E-state index is 4.49. The molecule has 1 aromatic heterocycles. The average Bonchev–Trinajstić information content (AvgIpc) is 2.68. The van der Waals surface area contributed by atoms with Gasteiger partial charge in [0.15, 0.2) is 0 Å².